The van der Waals surface area contributed by atoms with Crippen LogP contribution in [0.4, 0.5) is 37.7 Å². The van der Waals surface area contributed by atoms with Crippen molar-refractivity contribution >= 4 is 43.7 Å². The number of hydrogen-bond donors (Lipinski definition) is 0. The first-order chi connectivity index (χ1) is 15.6. The van der Waals surface area contributed by atoms with Crippen LogP contribution >= 0.6 is 12.1 Å². The lowest BCUT2D eigenvalue weighted by Gasteiger charge is -2.10. The van der Waals surface area contributed by atoms with Gasteiger partial charge in [-0.05, 0) is 0 Å². The molecule has 0 aromatic carbocycles. The van der Waals surface area contributed by atoms with E-state index in [2.05, 4.69) is 66.8 Å². The summed E-state index contributed by atoms with van der Waals surface area (Å²) in [5.41, 5.74) is -8.89. The smallest absolute Gasteiger partial charge is 0.511 e. The van der Waals surface area contributed by atoms with Gasteiger partial charge in [0, 0.05) is 63.8 Å². The van der Waals surface area contributed by atoms with Crippen molar-refractivity contribution in [3.63, 3.8) is 0 Å². The standard InChI is InChI=1S/C14H20N4S.2CHF3O3S/c1-15(2)13-5-9-17(10-6-13)19-18-11-7-14(8-12-18)16(3)4;2*2-1(3,4)8(5,6)7/h5-12H,1-4H3;2*(H,5,6,7)/q+2;;/p-2. The van der Waals surface area contributed by atoms with Gasteiger partial charge in [-0.2, -0.15) is 26.3 Å². The van der Waals surface area contributed by atoms with Crippen molar-refractivity contribution in [3.05, 3.63) is 49.1 Å². The number of hydrogen-bond acceptors (Lipinski definition) is 9. The summed E-state index contributed by atoms with van der Waals surface area (Å²) >= 11 is 1.62. The Bertz CT molecular complexity index is 1050. The molecular weight excluding hydrogens is 554 g/mol. The van der Waals surface area contributed by atoms with Crippen LogP contribution in [0.5, 0.6) is 0 Å². The van der Waals surface area contributed by atoms with Crippen molar-refractivity contribution < 1.29 is 60.2 Å². The molecule has 0 aliphatic heterocycles. The third-order valence-electron chi connectivity index (χ3n) is 3.36. The molecule has 2 rings (SSSR count). The number of alkyl halides is 6. The average molecular weight is 575 g/mol. The number of nitrogens with zero attached hydrogens (tertiary/aromatic N) is 4. The maximum absolute atomic E-state index is 10.7. The molecule has 0 bridgehead atoms. The van der Waals surface area contributed by atoms with E-state index in [0.29, 0.717) is 0 Å². The summed E-state index contributed by atoms with van der Waals surface area (Å²) in [6.45, 7) is 0. The van der Waals surface area contributed by atoms with E-state index in [1.807, 2.05) is 28.2 Å². The lowest BCUT2D eigenvalue weighted by atomic mass is 10.4. The van der Waals surface area contributed by atoms with Gasteiger partial charge in [-0.25, -0.2) is 16.8 Å². The third-order valence-corrected chi connectivity index (χ3v) is 5.36. The number of aromatic nitrogens is 2. The van der Waals surface area contributed by atoms with E-state index in [1.165, 1.54) is 11.4 Å². The van der Waals surface area contributed by atoms with Crippen LogP contribution in [0, 0.1) is 0 Å². The first-order valence-electron chi connectivity index (χ1n) is 8.66. The highest BCUT2D eigenvalue weighted by molar-refractivity contribution is 7.86. The SMILES string of the molecule is CN(C)c1cc[n+](S[n+]2ccc(N(C)C)cc2)cc1.O=S(=O)([O-])C(F)(F)F.O=S(=O)([O-])C(F)(F)F. The molecule has 0 saturated carbocycles. The van der Waals surface area contributed by atoms with Crippen LogP contribution < -0.4 is 17.7 Å². The van der Waals surface area contributed by atoms with Gasteiger partial charge in [-0.3, -0.25) is 0 Å². The van der Waals surface area contributed by atoms with E-state index >= 15 is 0 Å². The van der Waals surface area contributed by atoms with Crippen LogP contribution in [0.1, 0.15) is 0 Å². The first kappa shape index (κ1) is 32.7. The van der Waals surface area contributed by atoms with Gasteiger partial charge in [0.05, 0.1) is 0 Å². The van der Waals surface area contributed by atoms with Gasteiger partial charge < -0.3 is 18.9 Å². The van der Waals surface area contributed by atoms with E-state index in [4.69, 9.17) is 25.9 Å². The fourth-order valence-electron chi connectivity index (χ4n) is 1.62. The maximum atomic E-state index is 10.7. The molecule has 0 spiro atoms. The lowest BCUT2D eigenvalue weighted by molar-refractivity contribution is -0.598. The van der Waals surface area contributed by atoms with Crippen LogP contribution in [0.15, 0.2) is 49.1 Å². The summed E-state index contributed by atoms with van der Waals surface area (Å²) in [6.07, 6.45) is 8.25. The lowest BCUT2D eigenvalue weighted by Crippen LogP contribution is -2.39. The highest BCUT2D eigenvalue weighted by Crippen LogP contribution is 2.21. The summed E-state index contributed by atoms with van der Waals surface area (Å²) in [6, 6.07) is 8.40. The van der Waals surface area contributed by atoms with E-state index in [0.717, 1.165) is 0 Å². The number of anilines is 2. The topological polar surface area (TPSA) is 129 Å². The summed E-state index contributed by atoms with van der Waals surface area (Å²) in [5.74, 6) is 0. The quantitative estimate of drug-likeness (QED) is 0.231. The highest BCUT2D eigenvalue weighted by Gasteiger charge is 2.37. The highest BCUT2D eigenvalue weighted by atomic mass is 32.2. The zero-order valence-electron chi connectivity index (χ0n) is 18.3. The molecule has 0 N–H and O–H groups in total. The summed E-state index contributed by atoms with van der Waals surface area (Å²) in [7, 11) is -4.01. The second-order valence-corrected chi connectivity index (χ2v) is 10.3. The molecule has 0 amide bonds. The molecule has 2 aromatic rings. The molecular formula is C16H20F6N4O6S3. The molecule has 0 fully saturated rings. The molecule has 0 saturated heterocycles. The van der Waals surface area contributed by atoms with E-state index < -0.39 is 31.3 Å². The van der Waals surface area contributed by atoms with E-state index in [1.54, 1.807) is 12.1 Å². The van der Waals surface area contributed by atoms with Crippen molar-refractivity contribution in [2.24, 2.45) is 0 Å². The minimum atomic E-state index is -6.09. The summed E-state index contributed by atoms with van der Waals surface area (Å²) < 4.78 is 122. The molecule has 0 radical (unpaired) electrons. The Morgan fingerprint density at radius 1 is 0.657 bits per heavy atom. The summed E-state index contributed by atoms with van der Waals surface area (Å²) in [4.78, 5) is 4.18. The maximum Gasteiger partial charge on any atom is 0.511 e. The van der Waals surface area contributed by atoms with Crippen LogP contribution in [-0.4, -0.2) is 65.1 Å². The molecule has 0 aliphatic carbocycles. The van der Waals surface area contributed by atoms with Gasteiger partial charge in [0.1, 0.15) is 0 Å². The van der Waals surface area contributed by atoms with Gasteiger partial charge in [0.2, 0.25) is 0 Å². The minimum Gasteiger partial charge on any atom is -0.741 e. The molecule has 10 nitrogen and oxygen atoms in total. The number of halogens is 6. The Morgan fingerprint density at radius 2 is 0.857 bits per heavy atom. The number of rotatable bonds is 4. The third kappa shape index (κ3) is 12.3. The molecule has 2 aromatic heterocycles. The van der Waals surface area contributed by atoms with Gasteiger partial charge in [0.25, 0.3) is 0 Å². The van der Waals surface area contributed by atoms with Crippen molar-refractivity contribution in [3.8, 4) is 0 Å². The van der Waals surface area contributed by atoms with Crippen molar-refractivity contribution in [2.75, 3.05) is 38.0 Å². The fourth-order valence-corrected chi connectivity index (χ4v) is 2.30. The van der Waals surface area contributed by atoms with Gasteiger partial charge >= 0.3 is 23.2 Å². The van der Waals surface area contributed by atoms with Crippen molar-refractivity contribution in [1.82, 2.24) is 0 Å². The zero-order valence-corrected chi connectivity index (χ0v) is 20.8. The second-order valence-electron chi connectivity index (χ2n) is 6.50. The minimum absolute atomic E-state index is 1.20. The van der Waals surface area contributed by atoms with Gasteiger partial charge in [0.15, 0.2) is 45.0 Å². The summed E-state index contributed by atoms with van der Waals surface area (Å²) in [5, 5.41) is 0. The second kappa shape index (κ2) is 12.6. The van der Waals surface area contributed by atoms with Gasteiger partial charge in [-0.1, -0.05) is 7.94 Å². The molecule has 0 atom stereocenters. The first-order valence-corrected chi connectivity index (χ1v) is 12.2. The predicted molar refractivity (Wildman–Crippen MR) is 112 cm³/mol. The number of pyridine rings is 2. The largest absolute Gasteiger partial charge is 0.741 e. The van der Waals surface area contributed by atoms with Crippen LogP contribution in [-0.2, 0) is 20.2 Å². The Hall–Kier alpha value is -2.35. The Kier molecular flexibility index (Phi) is 11.7. The molecule has 200 valence electrons. The average Bonchev–Trinajstić information content (AvgIpc) is 2.66. The van der Waals surface area contributed by atoms with E-state index in [9.17, 15) is 26.3 Å². The Labute approximate surface area is 202 Å². The Morgan fingerprint density at radius 3 is 1.00 bits per heavy atom. The van der Waals surface area contributed by atoms with Crippen molar-refractivity contribution in [2.45, 2.75) is 11.0 Å². The van der Waals surface area contributed by atoms with Crippen LogP contribution in [0.2, 0.25) is 0 Å². The monoisotopic (exact) mass is 574 g/mol. The van der Waals surface area contributed by atoms with Crippen LogP contribution in [0.25, 0.3) is 0 Å². The molecule has 0 aliphatic rings. The van der Waals surface area contributed by atoms with Crippen molar-refractivity contribution in [1.29, 1.82) is 0 Å². The zero-order chi connectivity index (χ0) is 27.8. The predicted octanol–water partition coefficient (Wildman–Crippen LogP) is 1.46. The molecule has 35 heavy (non-hydrogen) atoms. The Balaban J connectivity index is 0.000000601. The van der Waals surface area contributed by atoms with Gasteiger partial charge in [-0.15, -0.1) is 0 Å². The van der Waals surface area contributed by atoms with Crippen LogP contribution in [0.3, 0.4) is 0 Å². The van der Waals surface area contributed by atoms with E-state index in [-0.39, 0.29) is 0 Å². The molecule has 19 heteroatoms. The normalized spacial score (nSPS) is 12.0. The fraction of sp³-hybridized carbons (Fsp3) is 0.375. The molecule has 0 unspecified atom stereocenters. The molecule has 2 heterocycles.